The third kappa shape index (κ3) is 3.40. The number of nitrogen functional groups attached to an aromatic ring is 1. The number of rotatable bonds is 3. The molecule has 3 N–H and O–H groups in total. The molecule has 0 unspecified atom stereocenters. The Labute approximate surface area is 125 Å². The minimum atomic E-state index is -0.715. The minimum absolute atomic E-state index is 0.0777. The maximum Gasteiger partial charge on any atom is 0.254 e. The summed E-state index contributed by atoms with van der Waals surface area (Å²) in [5, 5.41) is 3.24. The summed E-state index contributed by atoms with van der Waals surface area (Å²) in [6.07, 6.45) is 0. The number of carbonyl (C=O) groups is 1. The first-order valence-electron chi connectivity index (χ1n) is 5.74. The highest BCUT2D eigenvalue weighted by Gasteiger charge is 2.14. The van der Waals surface area contributed by atoms with Gasteiger partial charge in [-0.05, 0) is 29.8 Å². The summed E-state index contributed by atoms with van der Waals surface area (Å²) in [7, 11) is 0. The Morgan fingerprint density at radius 3 is 2.70 bits per heavy atom. The topological polar surface area (TPSA) is 55.1 Å². The summed E-state index contributed by atoms with van der Waals surface area (Å²) in [6, 6.07) is 9.25. The lowest BCUT2D eigenvalue weighted by molar-refractivity contribution is 0.0947. The number of benzene rings is 2. The molecule has 0 aliphatic heterocycles. The number of nitrogens with one attached hydrogen (secondary N) is 1. The second kappa shape index (κ2) is 6.11. The van der Waals surface area contributed by atoms with Gasteiger partial charge >= 0.3 is 0 Å². The van der Waals surface area contributed by atoms with Crippen LogP contribution in [0.4, 0.5) is 10.1 Å². The molecule has 0 aliphatic rings. The van der Waals surface area contributed by atoms with Crippen LogP contribution in [0.1, 0.15) is 15.9 Å². The number of halogens is 3. The average molecular weight is 313 g/mol. The van der Waals surface area contributed by atoms with Crippen molar-refractivity contribution >= 4 is 34.8 Å². The van der Waals surface area contributed by atoms with Gasteiger partial charge in [-0.3, -0.25) is 4.79 Å². The highest BCUT2D eigenvalue weighted by atomic mass is 35.5. The van der Waals surface area contributed by atoms with Gasteiger partial charge in [0.2, 0.25) is 0 Å². The number of hydrogen-bond donors (Lipinski definition) is 2. The lowest BCUT2D eigenvalue weighted by Crippen LogP contribution is -2.24. The minimum Gasteiger partial charge on any atom is -0.397 e. The van der Waals surface area contributed by atoms with E-state index in [0.717, 1.165) is 11.6 Å². The Hall–Kier alpha value is -1.78. The molecule has 0 saturated carbocycles. The largest absolute Gasteiger partial charge is 0.397 e. The van der Waals surface area contributed by atoms with Crippen LogP contribution in [0.3, 0.4) is 0 Å². The third-order valence-electron chi connectivity index (χ3n) is 2.67. The zero-order valence-corrected chi connectivity index (χ0v) is 11.8. The fraction of sp³-hybridized carbons (Fsp3) is 0.0714. The van der Waals surface area contributed by atoms with Crippen LogP contribution in [0.25, 0.3) is 0 Å². The fourth-order valence-electron chi connectivity index (χ4n) is 1.66. The maximum absolute atomic E-state index is 13.6. The zero-order valence-electron chi connectivity index (χ0n) is 10.3. The van der Waals surface area contributed by atoms with Gasteiger partial charge in [0.25, 0.3) is 5.91 Å². The Morgan fingerprint density at radius 2 is 2.00 bits per heavy atom. The van der Waals surface area contributed by atoms with Crippen LogP contribution in [0.15, 0.2) is 36.4 Å². The van der Waals surface area contributed by atoms with E-state index >= 15 is 0 Å². The van der Waals surface area contributed by atoms with E-state index in [-0.39, 0.29) is 22.8 Å². The molecule has 0 atom stereocenters. The van der Waals surface area contributed by atoms with E-state index in [0.29, 0.717) is 5.02 Å². The number of amides is 1. The average Bonchev–Trinajstić information content (AvgIpc) is 2.40. The van der Waals surface area contributed by atoms with Crippen molar-refractivity contribution in [1.29, 1.82) is 0 Å². The lowest BCUT2D eigenvalue weighted by atomic mass is 10.1. The van der Waals surface area contributed by atoms with Crippen molar-refractivity contribution in [3.63, 3.8) is 0 Å². The first kappa shape index (κ1) is 14.6. The summed E-state index contributed by atoms with van der Waals surface area (Å²) in [4.78, 5) is 11.9. The second-order valence-electron chi connectivity index (χ2n) is 4.17. The van der Waals surface area contributed by atoms with Crippen molar-refractivity contribution in [2.45, 2.75) is 6.54 Å². The normalized spacial score (nSPS) is 10.3. The highest BCUT2D eigenvalue weighted by molar-refractivity contribution is 6.33. The molecule has 2 rings (SSSR count). The van der Waals surface area contributed by atoms with Crippen molar-refractivity contribution in [2.75, 3.05) is 5.73 Å². The molecule has 0 aromatic heterocycles. The molecule has 0 heterocycles. The number of hydrogen-bond acceptors (Lipinski definition) is 2. The molecule has 0 saturated heterocycles. The van der Waals surface area contributed by atoms with Crippen LogP contribution in [0.5, 0.6) is 0 Å². The summed E-state index contributed by atoms with van der Waals surface area (Å²) >= 11 is 11.5. The van der Waals surface area contributed by atoms with Gasteiger partial charge in [-0.15, -0.1) is 0 Å². The van der Waals surface area contributed by atoms with Crippen molar-refractivity contribution in [1.82, 2.24) is 5.32 Å². The molecule has 0 spiro atoms. The molecule has 0 radical (unpaired) electrons. The molecule has 0 fully saturated rings. The summed E-state index contributed by atoms with van der Waals surface area (Å²) in [5.41, 5.74) is 6.38. The van der Waals surface area contributed by atoms with Crippen molar-refractivity contribution in [2.24, 2.45) is 0 Å². The van der Waals surface area contributed by atoms with Crippen LogP contribution >= 0.6 is 23.2 Å². The SMILES string of the molecule is Nc1cc(C(=O)NCc2cccc(Cl)c2)c(F)cc1Cl. The monoisotopic (exact) mass is 312 g/mol. The van der Waals surface area contributed by atoms with Crippen molar-refractivity contribution in [3.05, 3.63) is 63.4 Å². The number of carbonyl (C=O) groups excluding carboxylic acids is 1. The van der Waals surface area contributed by atoms with Gasteiger partial charge in [-0.2, -0.15) is 0 Å². The predicted molar refractivity (Wildman–Crippen MR) is 78.4 cm³/mol. The fourth-order valence-corrected chi connectivity index (χ4v) is 2.03. The molecular weight excluding hydrogens is 302 g/mol. The van der Waals surface area contributed by atoms with E-state index in [1.54, 1.807) is 24.3 Å². The van der Waals surface area contributed by atoms with Gasteiger partial charge < -0.3 is 11.1 Å². The summed E-state index contributed by atoms with van der Waals surface area (Å²) in [6.45, 7) is 0.237. The Kier molecular flexibility index (Phi) is 4.47. The van der Waals surface area contributed by atoms with E-state index < -0.39 is 11.7 Å². The summed E-state index contributed by atoms with van der Waals surface area (Å²) < 4.78 is 13.6. The predicted octanol–water partition coefficient (Wildman–Crippen LogP) is 3.64. The van der Waals surface area contributed by atoms with Crippen LogP contribution < -0.4 is 11.1 Å². The van der Waals surface area contributed by atoms with Crippen molar-refractivity contribution in [3.8, 4) is 0 Å². The van der Waals surface area contributed by atoms with E-state index in [4.69, 9.17) is 28.9 Å². The van der Waals surface area contributed by atoms with E-state index in [1.165, 1.54) is 6.07 Å². The van der Waals surface area contributed by atoms with Gasteiger partial charge in [-0.1, -0.05) is 35.3 Å². The second-order valence-corrected chi connectivity index (χ2v) is 5.01. The zero-order chi connectivity index (χ0) is 14.7. The lowest BCUT2D eigenvalue weighted by Gasteiger charge is -2.08. The van der Waals surface area contributed by atoms with E-state index in [1.807, 2.05) is 0 Å². The standard InChI is InChI=1S/C14H11Cl2FN2O/c15-9-3-1-2-8(4-9)7-19-14(20)10-5-13(18)11(16)6-12(10)17/h1-6H,7,18H2,(H,19,20). The molecular formula is C14H11Cl2FN2O. The number of anilines is 1. The van der Waals surface area contributed by atoms with Gasteiger partial charge in [0, 0.05) is 11.6 Å². The van der Waals surface area contributed by atoms with E-state index in [2.05, 4.69) is 5.32 Å². The first-order chi connectivity index (χ1) is 9.47. The Bertz CT molecular complexity index is 662. The smallest absolute Gasteiger partial charge is 0.254 e. The van der Waals surface area contributed by atoms with Crippen LogP contribution in [-0.4, -0.2) is 5.91 Å². The first-order valence-corrected chi connectivity index (χ1v) is 6.50. The van der Waals surface area contributed by atoms with Gasteiger partial charge in [0.15, 0.2) is 0 Å². The highest BCUT2D eigenvalue weighted by Crippen LogP contribution is 2.22. The molecule has 0 aliphatic carbocycles. The summed E-state index contributed by atoms with van der Waals surface area (Å²) in [5.74, 6) is -1.28. The van der Waals surface area contributed by atoms with Crippen LogP contribution in [-0.2, 0) is 6.54 Å². The van der Waals surface area contributed by atoms with Crippen LogP contribution in [0.2, 0.25) is 10.0 Å². The van der Waals surface area contributed by atoms with Gasteiger partial charge in [0.05, 0.1) is 16.3 Å². The maximum atomic E-state index is 13.6. The molecule has 2 aromatic carbocycles. The van der Waals surface area contributed by atoms with Crippen LogP contribution in [0, 0.1) is 5.82 Å². The van der Waals surface area contributed by atoms with Crippen molar-refractivity contribution < 1.29 is 9.18 Å². The Morgan fingerprint density at radius 1 is 1.25 bits per heavy atom. The molecule has 20 heavy (non-hydrogen) atoms. The molecule has 2 aromatic rings. The molecule has 3 nitrogen and oxygen atoms in total. The molecule has 6 heteroatoms. The quantitative estimate of drug-likeness (QED) is 0.850. The van der Waals surface area contributed by atoms with Gasteiger partial charge in [0.1, 0.15) is 5.82 Å². The number of nitrogens with two attached hydrogens (primary N) is 1. The van der Waals surface area contributed by atoms with E-state index in [9.17, 15) is 9.18 Å². The molecule has 1 amide bonds. The Balaban J connectivity index is 2.11. The molecule has 0 bridgehead atoms. The van der Waals surface area contributed by atoms with Gasteiger partial charge in [-0.25, -0.2) is 4.39 Å². The molecule has 104 valence electrons. The third-order valence-corrected chi connectivity index (χ3v) is 3.24.